The molecule has 0 heterocycles. The van der Waals surface area contributed by atoms with E-state index in [9.17, 15) is 0 Å². The van der Waals surface area contributed by atoms with Crippen LogP contribution in [0.25, 0.3) is 0 Å². The maximum atomic E-state index is 6.07. The first-order valence-corrected chi connectivity index (χ1v) is 9.71. The molecule has 0 aliphatic rings. The third kappa shape index (κ3) is 5.81. The van der Waals surface area contributed by atoms with E-state index in [4.69, 9.17) is 29.4 Å². The van der Waals surface area contributed by atoms with Gasteiger partial charge in [0.05, 0.1) is 5.69 Å². The molecular weight excluding hydrogens is 382 g/mol. The van der Waals surface area contributed by atoms with Gasteiger partial charge in [0.1, 0.15) is 25.6 Å². The highest BCUT2D eigenvalue weighted by atomic mass is 16.7. The van der Waals surface area contributed by atoms with E-state index < -0.39 is 0 Å². The van der Waals surface area contributed by atoms with Gasteiger partial charge in [0, 0.05) is 7.11 Å². The van der Waals surface area contributed by atoms with Crippen molar-refractivity contribution in [3.8, 4) is 23.0 Å². The van der Waals surface area contributed by atoms with Crippen molar-refractivity contribution in [2.75, 3.05) is 32.9 Å². The summed E-state index contributed by atoms with van der Waals surface area (Å²) in [4.78, 5) is 0. The molecule has 6 nitrogen and oxygen atoms in total. The molecule has 3 aromatic rings. The smallest absolute Gasteiger partial charge is 0.206 e. The molecule has 0 unspecified atom stereocenters. The SMILES string of the molecule is COCOc1c(OCCOc2ccccc2N)ccc(C)c1OCc1ccccc1. The van der Waals surface area contributed by atoms with Crippen molar-refractivity contribution in [1.29, 1.82) is 0 Å². The number of benzene rings is 3. The minimum absolute atomic E-state index is 0.0819. The van der Waals surface area contributed by atoms with Gasteiger partial charge in [-0.05, 0) is 36.2 Å². The van der Waals surface area contributed by atoms with Crippen LogP contribution in [0.5, 0.6) is 23.0 Å². The zero-order chi connectivity index (χ0) is 21.2. The molecule has 0 radical (unpaired) electrons. The molecule has 0 aliphatic carbocycles. The molecule has 0 aromatic heterocycles. The van der Waals surface area contributed by atoms with Crippen LogP contribution in [0, 0.1) is 6.92 Å². The van der Waals surface area contributed by atoms with E-state index >= 15 is 0 Å². The molecule has 0 fully saturated rings. The Labute approximate surface area is 177 Å². The molecule has 2 N–H and O–H groups in total. The molecule has 3 rings (SSSR count). The second kappa shape index (κ2) is 11.0. The summed E-state index contributed by atoms with van der Waals surface area (Å²) in [5.74, 6) is 2.33. The first-order valence-electron chi connectivity index (χ1n) is 9.71. The standard InChI is InChI=1S/C24H27NO5/c1-18-12-13-22(28-15-14-27-21-11-7-6-10-20(21)25)24(30-17-26-2)23(18)29-16-19-8-4-3-5-9-19/h3-13H,14-17,25H2,1-2H3. The summed E-state index contributed by atoms with van der Waals surface area (Å²) in [5, 5.41) is 0. The van der Waals surface area contributed by atoms with Crippen LogP contribution in [0.15, 0.2) is 66.7 Å². The lowest BCUT2D eigenvalue weighted by Crippen LogP contribution is -2.12. The van der Waals surface area contributed by atoms with Gasteiger partial charge in [-0.2, -0.15) is 0 Å². The van der Waals surface area contributed by atoms with E-state index in [1.807, 2.05) is 67.6 Å². The number of rotatable bonds is 11. The van der Waals surface area contributed by atoms with Gasteiger partial charge in [-0.3, -0.25) is 0 Å². The van der Waals surface area contributed by atoms with Crippen LogP contribution in [-0.4, -0.2) is 27.1 Å². The topological polar surface area (TPSA) is 72.2 Å². The molecule has 0 aliphatic heterocycles. The first kappa shape index (κ1) is 21.3. The zero-order valence-electron chi connectivity index (χ0n) is 17.3. The predicted octanol–water partition coefficient (Wildman–Crippen LogP) is 4.60. The number of para-hydroxylation sites is 2. The van der Waals surface area contributed by atoms with Crippen molar-refractivity contribution >= 4 is 5.69 Å². The maximum Gasteiger partial charge on any atom is 0.206 e. The van der Waals surface area contributed by atoms with Gasteiger partial charge in [0.15, 0.2) is 18.3 Å². The molecule has 6 heteroatoms. The van der Waals surface area contributed by atoms with Crippen LogP contribution in [0.4, 0.5) is 5.69 Å². The van der Waals surface area contributed by atoms with E-state index in [1.165, 1.54) is 0 Å². The Morgan fingerprint density at radius 3 is 2.13 bits per heavy atom. The zero-order valence-corrected chi connectivity index (χ0v) is 17.3. The summed E-state index contributed by atoms with van der Waals surface area (Å²) < 4.78 is 28.6. The van der Waals surface area contributed by atoms with Crippen molar-refractivity contribution in [3.63, 3.8) is 0 Å². The van der Waals surface area contributed by atoms with Crippen molar-refractivity contribution < 1.29 is 23.7 Å². The van der Waals surface area contributed by atoms with Crippen molar-refractivity contribution in [2.45, 2.75) is 13.5 Å². The number of nitrogen functional groups attached to an aromatic ring is 1. The lowest BCUT2D eigenvalue weighted by atomic mass is 10.2. The lowest BCUT2D eigenvalue weighted by Gasteiger charge is -2.18. The fourth-order valence-corrected chi connectivity index (χ4v) is 2.84. The molecule has 0 saturated heterocycles. The van der Waals surface area contributed by atoms with Gasteiger partial charge >= 0.3 is 0 Å². The number of nitrogens with two attached hydrogens (primary N) is 1. The monoisotopic (exact) mass is 409 g/mol. The summed E-state index contributed by atoms with van der Waals surface area (Å²) in [7, 11) is 1.57. The number of hydrogen-bond acceptors (Lipinski definition) is 6. The molecule has 158 valence electrons. The highest BCUT2D eigenvalue weighted by molar-refractivity contribution is 5.55. The third-order valence-electron chi connectivity index (χ3n) is 4.34. The number of methoxy groups -OCH3 is 1. The normalized spacial score (nSPS) is 10.5. The quantitative estimate of drug-likeness (QED) is 0.284. The number of anilines is 1. The molecule has 0 saturated carbocycles. The summed E-state index contributed by atoms with van der Waals surface area (Å²) >= 11 is 0. The third-order valence-corrected chi connectivity index (χ3v) is 4.34. The highest BCUT2D eigenvalue weighted by Gasteiger charge is 2.16. The van der Waals surface area contributed by atoms with Crippen molar-refractivity contribution in [2.24, 2.45) is 0 Å². The molecule has 0 atom stereocenters. The molecule has 0 bridgehead atoms. The van der Waals surface area contributed by atoms with Crippen LogP contribution < -0.4 is 24.7 Å². The Morgan fingerprint density at radius 1 is 0.700 bits per heavy atom. The van der Waals surface area contributed by atoms with Gasteiger partial charge in [0.25, 0.3) is 0 Å². The first-order chi connectivity index (χ1) is 14.7. The minimum Gasteiger partial charge on any atom is -0.488 e. The second-order valence-electron chi connectivity index (χ2n) is 6.60. The van der Waals surface area contributed by atoms with Crippen LogP contribution in [0.2, 0.25) is 0 Å². The fourth-order valence-electron chi connectivity index (χ4n) is 2.84. The van der Waals surface area contributed by atoms with E-state index in [2.05, 4.69) is 0 Å². The Kier molecular flexibility index (Phi) is 7.80. The molecule has 0 amide bonds. The summed E-state index contributed by atoms with van der Waals surface area (Å²) in [5.41, 5.74) is 8.49. The van der Waals surface area contributed by atoms with Gasteiger partial charge in [-0.1, -0.05) is 48.5 Å². The Hall–Kier alpha value is -3.38. The highest BCUT2D eigenvalue weighted by Crippen LogP contribution is 2.40. The predicted molar refractivity (Wildman–Crippen MR) is 116 cm³/mol. The Balaban J connectivity index is 1.68. The van der Waals surface area contributed by atoms with Gasteiger partial charge < -0.3 is 29.4 Å². The van der Waals surface area contributed by atoms with E-state index in [-0.39, 0.29) is 6.79 Å². The molecule has 30 heavy (non-hydrogen) atoms. The van der Waals surface area contributed by atoms with Crippen molar-refractivity contribution in [3.05, 3.63) is 77.9 Å². The average molecular weight is 409 g/mol. The Morgan fingerprint density at radius 2 is 1.40 bits per heavy atom. The van der Waals surface area contributed by atoms with E-state index in [0.717, 1.165) is 11.1 Å². The molecular formula is C24H27NO5. The average Bonchev–Trinajstić information content (AvgIpc) is 2.77. The van der Waals surface area contributed by atoms with Gasteiger partial charge in [-0.25, -0.2) is 0 Å². The minimum atomic E-state index is 0.0819. The van der Waals surface area contributed by atoms with Gasteiger partial charge in [0.2, 0.25) is 5.75 Å². The molecule has 0 spiro atoms. The summed E-state index contributed by atoms with van der Waals surface area (Å²) in [6.45, 7) is 3.12. The van der Waals surface area contributed by atoms with Crippen LogP contribution in [0.3, 0.4) is 0 Å². The van der Waals surface area contributed by atoms with E-state index in [1.54, 1.807) is 13.2 Å². The number of aryl methyl sites for hydroxylation is 1. The van der Waals surface area contributed by atoms with Crippen molar-refractivity contribution in [1.82, 2.24) is 0 Å². The summed E-state index contributed by atoms with van der Waals surface area (Å²) in [6, 6.07) is 21.1. The molecule has 3 aromatic carbocycles. The fraction of sp³-hybridized carbons (Fsp3) is 0.250. The Bertz CT molecular complexity index is 930. The largest absolute Gasteiger partial charge is 0.488 e. The summed E-state index contributed by atoms with van der Waals surface area (Å²) in [6.07, 6.45) is 0. The van der Waals surface area contributed by atoms with E-state index in [0.29, 0.717) is 48.5 Å². The van der Waals surface area contributed by atoms with Crippen LogP contribution >= 0.6 is 0 Å². The maximum absolute atomic E-state index is 6.07. The van der Waals surface area contributed by atoms with Gasteiger partial charge in [-0.15, -0.1) is 0 Å². The number of hydrogen-bond donors (Lipinski definition) is 1. The second-order valence-corrected chi connectivity index (χ2v) is 6.60. The number of ether oxygens (including phenoxy) is 5. The van der Waals surface area contributed by atoms with Crippen LogP contribution in [0.1, 0.15) is 11.1 Å². The van der Waals surface area contributed by atoms with Crippen LogP contribution in [-0.2, 0) is 11.3 Å². The lowest BCUT2D eigenvalue weighted by molar-refractivity contribution is 0.0453.